The third-order valence-electron chi connectivity index (χ3n) is 4.39. The first-order valence-corrected chi connectivity index (χ1v) is 7.97. The molecule has 0 atom stereocenters. The maximum absolute atomic E-state index is 12.6. The Hall–Kier alpha value is -1.57. The van der Waals surface area contributed by atoms with Crippen LogP contribution in [0.15, 0.2) is 6.20 Å². The van der Waals surface area contributed by atoms with Crippen LogP contribution in [0.2, 0.25) is 0 Å². The molecule has 0 aliphatic carbocycles. The largest absolute Gasteiger partial charge is 0.432 e. The van der Waals surface area contributed by atoms with Crippen LogP contribution in [0.5, 0.6) is 0 Å². The third-order valence-corrected chi connectivity index (χ3v) is 4.39. The van der Waals surface area contributed by atoms with E-state index in [9.17, 15) is 18.0 Å². The van der Waals surface area contributed by atoms with E-state index in [1.807, 2.05) is 13.8 Å². The van der Waals surface area contributed by atoms with Crippen molar-refractivity contribution < 1.29 is 18.0 Å². The van der Waals surface area contributed by atoms with Gasteiger partial charge >= 0.3 is 6.18 Å². The first-order valence-electron chi connectivity index (χ1n) is 7.97. The lowest BCUT2D eigenvalue weighted by atomic mass is 9.96. The van der Waals surface area contributed by atoms with Crippen molar-refractivity contribution in [3.8, 4) is 0 Å². The lowest BCUT2D eigenvalue weighted by Gasteiger charge is -2.32. The highest BCUT2D eigenvalue weighted by Crippen LogP contribution is 2.31. The Balaban J connectivity index is 1.88. The maximum Gasteiger partial charge on any atom is 0.432 e. The van der Waals surface area contributed by atoms with E-state index >= 15 is 0 Å². The number of alkyl halides is 3. The van der Waals surface area contributed by atoms with Gasteiger partial charge in [0.1, 0.15) is 11.5 Å². The Kier molecular flexibility index (Phi) is 5.67. The van der Waals surface area contributed by atoms with Crippen molar-refractivity contribution >= 4 is 5.91 Å². The van der Waals surface area contributed by atoms with Gasteiger partial charge in [0.15, 0.2) is 0 Å². The number of likely N-dealkylation sites (N-methyl/N-ethyl adjacent to an activating group) is 1. The fourth-order valence-corrected chi connectivity index (χ4v) is 2.83. The van der Waals surface area contributed by atoms with Crippen molar-refractivity contribution in [2.75, 3.05) is 32.7 Å². The number of carbonyl (C=O) groups excluding carboxylic acids is 1. The molecule has 5 nitrogen and oxygen atoms in total. The van der Waals surface area contributed by atoms with Crippen molar-refractivity contribution in [3.05, 3.63) is 17.7 Å². The van der Waals surface area contributed by atoms with Crippen molar-refractivity contribution in [2.24, 2.45) is 0 Å². The molecule has 8 heteroatoms. The van der Waals surface area contributed by atoms with Gasteiger partial charge in [0.25, 0.3) is 0 Å². The Morgan fingerprint density at radius 1 is 1.35 bits per heavy atom. The van der Waals surface area contributed by atoms with Crippen LogP contribution in [0.3, 0.4) is 0 Å². The van der Waals surface area contributed by atoms with E-state index in [1.54, 1.807) is 4.90 Å². The third kappa shape index (κ3) is 4.46. The number of likely N-dealkylation sites (tertiary alicyclic amines) is 1. The first kappa shape index (κ1) is 17.8. The molecular formula is C15H23F3N4O. The van der Waals surface area contributed by atoms with Crippen LogP contribution in [0.1, 0.15) is 44.1 Å². The number of nitrogens with one attached hydrogen (secondary N) is 1. The molecule has 1 aliphatic heterocycles. The number of rotatable bonds is 5. The number of halogens is 3. The van der Waals surface area contributed by atoms with Crippen LogP contribution >= 0.6 is 0 Å². The molecule has 1 fully saturated rings. The molecule has 1 aromatic rings. The normalized spacial score (nSPS) is 17.0. The van der Waals surface area contributed by atoms with Gasteiger partial charge in [0.05, 0.1) is 12.7 Å². The van der Waals surface area contributed by atoms with E-state index in [0.717, 1.165) is 19.3 Å². The molecule has 0 aromatic carbocycles. The monoisotopic (exact) mass is 332 g/mol. The number of amides is 1. The van der Waals surface area contributed by atoms with Crippen molar-refractivity contribution in [1.82, 2.24) is 19.8 Å². The van der Waals surface area contributed by atoms with Gasteiger partial charge in [-0.2, -0.15) is 13.2 Å². The molecule has 1 N–H and O–H groups in total. The van der Waals surface area contributed by atoms with E-state index in [1.165, 1.54) is 0 Å². The predicted octanol–water partition coefficient (Wildman–Crippen LogP) is 2.48. The van der Waals surface area contributed by atoms with E-state index in [2.05, 4.69) is 14.9 Å². The highest BCUT2D eigenvalue weighted by atomic mass is 19.4. The zero-order valence-electron chi connectivity index (χ0n) is 13.5. The molecule has 1 saturated heterocycles. The van der Waals surface area contributed by atoms with Crippen LogP contribution in [0.4, 0.5) is 13.2 Å². The summed E-state index contributed by atoms with van der Waals surface area (Å²) < 4.78 is 37.8. The van der Waals surface area contributed by atoms with Gasteiger partial charge in [-0.25, -0.2) is 4.98 Å². The van der Waals surface area contributed by atoms with E-state index in [4.69, 9.17) is 0 Å². The molecule has 0 bridgehead atoms. The second kappa shape index (κ2) is 7.33. The Labute approximate surface area is 133 Å². The van der Waals surface area contributed by atoms with Crippen LogP contribution in [-0.2, 0) is 11.0 Å². The SMILES string of the molecule is CCN(CC)CC(=O)N1CCC(c2ncc(C(F)(F)F)[nH]2)CC1. The van der Waals surface area contributed by atoms with Gasteiger partial charge in [0.2, 0.25) is 5.91 Å². The smallest absolute Gasteiger partial charge is 0.342 e. The number of aromatic nitrogens is 2. The number of imidazole rings is 1. The topological polar surface area (TPSA) is 52.2 Å². The number of hydrogen-bond acceptors (Lipinski definition) is 3. The Bertz CT molecular complexity index is 517. The zero-order chi connectivity index (χ0) is 17.0. The molecule has 0 radical (unpaired) electrons. The molecule has 0 unspecified atom stereocenters. The number of hydrogen-bond donors (Lipinski definition) is 1. The summed E-state index contributed by atoms with van der Waals surface area (Å²) in [5.74, 6) is 0.402. The molecule has 1 aliphatic rings. The van der Waals surface area contributed by atoms with Crippen molar-refractivity contribution in [3.63, 3.8) is 0 Å². The second-order valence-electron chi connectivity index (χ2n) is 5.80. The van der Waals surface area contributed by atoms with E-state index < -0.39 is 11.9 Å². The van der Waals surface area contributed by atoms with E-state index in [0.29, 0.717) is 38.3 Å². The summed E-state index contributed by atoms with van der Waals surface area (Å²) in [6.45, 7) is 7.20. The summed E-state index contributed by atoms with van der Waals surface area (Å²) in [5.41, 5.74) is -0.812. The summed E-state index contributed by atoms with van der Waals surface area (Å²) >= 11 is 0. The summed E-state index contributed by atoms with van der Waals surface area (Å²) in [6, 6.07) is 0. The first-order chi connectivity index (χ1) is 10.8. The fourth-order valence-electron chi connectivity index (χ4n) is 2.83. The number of aromatic amines is 1. The van der Waals surface area contributed by atoms with E-state index in [-0.39, 0.29) is 11.8 Å². The van der Waals surface area contributed by atoms with Gasteiger partial charge in [-0.3, -0.25) is 9.69 Å². The highest BCUT2D eigenvalue weighted by Gasteiger charge is 2.34. The van der Waals surface area contributed by atoms with Crippen molar-refractivity contribution in [2.45, 2.75) is 38.8 Å². The quantitative estimate of drug-likeness (QED) is 0.901. The fraction of sp³-hybridized carbons (Fsp3) is 0.733. The molecule has 1 amide bonds. The second-order valence-corrected chi connectivity index (χ2v) is 5.80. The minimum atomic E-state index is -4.40. The van der Waals surface area contributed by atoms with Crippen molar-refractivity contribution in [1.29, 1.82) is 0 Å². The minimum Gasteiger partial charge on any atom is -0.342 e. The Morgan fingerprint density at radius 3 is 2.43 bits per heavy atom. The number of piperidine rings is 1. The summed E-state index contributed by atoms with van der Waals surface area (Å²) in [4.78, 5) is 22.3. The summed E-state index contributed by atoms with van der Waals surface area (Å²) in [6.07, 6.45) is -2.29. The van der Waals surface area contributed by atoms with Crippen LogP contribution in [0, 0.1) is 0 Å². The maximum atomic E-state index is 12.6. The summed E-state index contributed by atoms with van der Waals surface area (Å²) in [5, 5.41) is 0. The van der Waals surface area contributed by atoms with Crippen LogP contribution < -0.4 is 0 Å². The lowest BCUT2D eigenvalue weighted by Crippen LogP contribution is -2.44. The summed E-state index contributed by atoms with van der Waals surface area (Å²) in [7, 11) is 0. The van der Waals surface area contributed by atoms with Gasteiger partial charge in [0, 0.05) is 19.0 Å². The van der Waals surface area contributed by atoms with Gasteiger partial charge < -0.3 is 9.88 Å². The van der Waals surface area contributed by atoms with Gasteiger partial charge in [-0.1, -0.05) is 13.8 Å². The standard InChI is InChI=1S/C15H23F3N4O/c1-3-21(4-2)10-13(23)22-7-5-11(6-8-22)14-19-9-12(20-14)15(16,17)18/h9,11H,3-8,10H2,1-2H3,(H,19,20). The van der Waals surface area contributed by atoms with Crippen LogP contribution in [0.25, 0.3) is 0 Å². The van der Waals surface area contributed by atoms with Gasteiger partial charge in [-0.05, 0) is 25.9 Å². The average molecular weight is 332 g/mol. The lowest BCUT2D eigenvalue weighted by molar-refractivity contribution is -0.141. The molecule has 0 saturated carbocycles. The van der Waals surface area contributed by atoms with Gasteiger partial charge in [-0.15, -0.1) is 0 Å². The number of nitrogens with zero attached hydrogens (tertiary/aromatic N) is 3. The minimum absolute atomic E-state index is 0.0522. The number of carbonyl (C=O) groups is 1. The van der Waals surface area contributed by atoms with Crippen LogP contribution in [-0.4, -0.2) is 58.4 Å². The predicted molar refractivity (Wildman–Crippen MR) is 79.9 cm³/mol. The Morgan fingerprint density at radius 2 is 1.96 bits per heavy atom. The molecule has 1 aromatic heterocycles. The number of H-pyrrole nitrogens is 1. The molecule has 2 heterocycles. The molecular weight excluding hydrogens is 309 g/mol. The molecule has 130 valence electrons. The molecule has 0 spiro atoms. The molecule has 23 heavy (non-hydrogen) atoms. The zero-order valence-corrected chi connectivity index (χ0v) is 13.5. The average Bonchev–Trinajstić information content (AvgIpc) is 3.02. The molecule has 2 rings (SSSR count). The highest BCUT2D eigenvalue weighted by molar-refractivity contribution is 5.78.